The number of anilines is 1. The fourth-order valence-electron chi connectivity index (χ4n) is 1.69. The fourth-order valence-corrected chi connectivity index (χ4v) is 1.69. The number of hydrogen-bond donors (Lipinski definition) is 1. The minimum atomic E-state index is 0.597. The van der Waals surface area contributed by atoms with Gasteiger partial charge in [0, 0.05) is 36.6 Å². The van der Waals surface area contributed by atoms with Crippen molar-refractivity contribution in [1.29, 1.82) is 0 Å². The van der Waals surface area contributed by atoms with Gasteiger partial charge in [0.1, 0.15) is 0 Å². The molecule has 0 aliphatic rings. The van der Waals surface area contributed by atoms with Crippen LogP contribution in [0.2, 0.25) is 0 Å². The number of rotatable bonds is 6. The minimum absolute atomic E-state index is 0.597. The predicted molar refractivity (Wildman–Crippen MR) is 74.4 cm³/mol. The Labute approximate surface area is 113 Å². The van der Waals surface area contributed by atoms with E-state index in [1.54, 1.807) is 6.20 Å². The fraction of sp³-hybridized carbons (Fsp3) is 0.357. The van der Waals surface area contributed by atoms with Crippen LogP contribution in [0.4, 0.5) is 5.95 Å². The van der Waals surface area contributed by atoms with Crippen molar-refractivity contribution in [3.63, 3.8) is 0 Å². The number of ether oxygens (including phenoxy) is 1. The molecule has 0 unspecified atom stereocenters. The molecule has 0 aromatic carbocycles. The first kappa shape index (κ1) is 13.3. The minimum Gasteiger partial charge on any atom is -0.478 e. The molecule has 2 rings (SSSR count). The summed E-state index contributed by atoms with van der Waals surface area (Å²) in [7, 11) is 0. The predicted octanol–water partition coefficient (Wildman–Crippen LogP) is 2.23. The van der Waals surface area contributed by atoms with Crippen LogP contribution in [0.25, 0.3) is 0 Å². The van der Waals surface area contributed by atoms with Crippen LogP contribution in [0, 0.1) is 6.92 Å². The van der Waals surface area contributed by atoms with E-state index >= 15 is 0 Å². The SMILES string of the molecule is CCOc1cc(C)nc(NCCc2ccccn2)n1. The first-order valence-electron chi connectivity index (χ1n) is 6.40. The summed E-state index contributed by atoms with van der Waals surface area (Å²) < 4.78 is 5.39. The summed E-state index contributed by atoms with van der Waals surface area (Å²) in [6.07, 6.45) is 2.63. The normalized spacial score (nSPS) is 10.2. The highest BCUT2D eigenvalue weighted by Gasteiger charge is 2.02. The summed E-state index contributed by atoms with van der Waals surface area (Å²) in [6.45, 7) is 5.20. The second kappa shape index (κ2) is 6.68. The van der Waals surface area contributed by atoms with Gasteiger partial charge in [-0.3, -0.25) is 4.98 Å². The highest BCUT2D eigenvalue weighted by Crippen LogP contribution is 2.11. The van der Waals surface area contributed by atoms with E-state index in [9.17, 15) is 0 Å². The monoisotopic (exact) mass is 258 g/mol. The van der Waals surface area contributed by atoms with Gasteiger partial charge in [-0.15, -0.1) is 0 Å². The standard InChI is InChI=1S/C14H18N4O/c1-3-19-13-10-11(2)17-14(18-13)16-9-7-12-6-4-5-8-15-12/h4-6,8,10H,3,7,9H2,1-2H3,(H,16,17,18). The molecule has 5 nitrogen and oxygen atoms in total. The zero-order valence-corrected chi connectivity index (χ0v) is 11.3. The molecule has 0 amide bonds. The van der Waals surface area contributed by atoms with E-state index in [0.29, 0.717) is 18.4 Å². The molecule has 100 valence electrons. The van der Waals surface area contributed by atoms with Crippen LogP contribution >= 0.6 is 0 Å². The molecule has 0 fully saturated rings. The number of nitrogens with one attached hydrogen (secondary N) is 1. The molecular formula is C14H18N4O. The summed E-state index contributed by atoms with van der Waals surface area (Å²) in [5, 5.41) is 3.19. The third-order valence-electron chi connectivity index (χ3n) is 2.51. The van der Waals surface area contributed by atoms with Crippen molar-refractivity contribution in [2.24, 2.45) is 0 Å². The topological polar surface area (TPSA) is 59.9 Å². The van der Waals surface area contributed by atoms with Crippen LogP contribution in [-0.4, -0.2) is 28.1 Å². The average molecular weight is 258 g/mol. The lowest BCUT2D eigenvalue weighted by Crippen LogP contribution is -2.10. The molecule has 2 aromatic rings. The summed E-state index contributed by atoms with van der Waals surface area (Å²) >= 11 is 0. The molecule has 1 N–H and O–H groups in total. The third-order valence-corrected chi connectivity index (χ3v) is 2.51. The molecule has 0 aliphatic carbocycles. The van der Waals surface area contributed by atoms with Crippen molar-refractivity contribution in [3.8, 4) is 5.88 Å². The molecule has 2 aromatic heterocycles. The molecule has 19 heavy (non-hydrogen) atoms. The van der Waals surface area contributed by atoms with Gasteiger partial charge in [-0.05, 0) is 26.0 Å². The van der Waals surface area contributed by atoms with E-state index in [4.69, 9.17) is 4.74 Å². The smallest absolute Gasteiger partial charge is 0.226 e. The maximum absolute atomic E-state index is 5.39. The van der Waals surface area contributed by atoms with Crippen molar-refractivity contribution in [3.05, 3.63) is 41.9 Å². The molecular weight excluding hydrogens is 240 g/mol. The van der Waals surface area contributed by atoms with Gasteiger partial charge in [-0.1, -0.05) is 6.07 Å². The molecule has 0 aliphatic heterocycles. The molecule has 0 radical (unpaired) electrons. The Balaban J connectivity index is 1.92. The van der Waals surface area contributed by atoms with Crippen molar-refractivity contribution in [2.45, 2.75) is 20.3 Å². The number of pyridine rings is 1. The Kier molecular flexibility index (Phi) is 4.66. The van der Waals surface area contributed by atoms with E-state index in [-0.39, 0.29) is 0 Å². The van der Waals surface area contributed by atoms with Gasteiger partial charge < -0.3 is 10.1 Å². The number of nitrogens with zero attached hydrogens (tertiary/aromatic N) is 3. The van der Waals surface area contributed by atoms with Gasteiger partial charge in [0.15, 0.2) is 0 Å². The van der Waals surface area contributed by atoms with E-state index in [1.807, 2.05) is 38.1 Å². The van der Waals surface area contributed by atoms with E-state index in [1.165, 1.54) is 0 Å². The van der Waals surface area contributed by atoms with Crippen LogP contribution in [0.15, 0.2) is 30.5 Å². The Morgan fingerprint density at radius 1 is 1.26 bits per heavy atom. The largest absolute Gasteiger partial charge is 0.478 e. The summed E-state index contributed by atoms with van der Waals surface area (Å²) in [6, 6.07) is 7.73. The summed E-state index contributed by atoms with van der Waals surface area (Å²) in [5.74, 6) is 1.20. The maximum Gasteiger partial charge on any atom is 0.226 e. The zero-order chi connectivity index (χ0) is 13.5. The van der Waals surface area contributed by atoms with Crippen molar-refractivity contribution in [1.82, 2.24) is 15.0 Å². The molecule has 0 atom stereocenters. The molecule has 0 bridgehead atoms. The van der Waals surface area contributed by atoms with Crippen molar-refractivity contribution >= 4 is 5.95 Å². The van der Waals surface area contributed by atoms with Gasteiger partial charge in [0.2, 0.25) is 11.8 Å². The lowest BCUT2D eigenvalue weighted by atomic mass is 10.3. The number of aromatic nitrogens is 3. The van der Waals surface area contributed by atoms with Crippen LogP contribution in [0.3, 0.4) is 0 Å². The second-order valence-corrected chi connectivity index (χ2v) is 4.10. The molecule has 0 saturated heterocycles. The van der Waals surface area contributed by atoms with Crippen LogP contribution in [0.1, 0.15) is 18.3 Å². The van der Waals surface area contributed by atoms with Crippen LogP contribution < -0.4 is 10.1 Å². The highest BCUT2D eigenvalue weighted by molar-refractivity contribution is 5.30. The molecule has 5 heteroatoms. The summed E-state index contributed by atoms with van der Waals surface area (Å²) in [4.78, 5) is 12.9. The zero-order valence-electron chi connectivity index (χ0n) is 11.3. The Morgan fingerprint density at radius 2 is 2.16 bits per heavy atom. The van der Waals surface area contributed by atoms with Crippen molar-refractivity contribution < 1.29 is 4.74 Å². The van der Waals surface area contributed by atoms with Crippen LogP contribution in [-0.2, 0) is 6.42 Å². The van der Waals surface area contributed by atoms with Gasteiger partial charge in [-0.25, -0.2) is 4.98 Å². The van der Waals surface area contributed by atoms with E-state index in [2.05, 4.69) is 20.3 Å². The number of aryl methyl sites for hydroxylation is 1. The molecule has 2 heterocycles. The first-order chi connectivity index (χ1) is 9.28. The third kappa shape index (κ3) is 4.21. The van der Waals surface area contributed by atoms with Gasteiger partial charge >= 0.3 is 0 Å². The lowest BCUT2D eigenvalue weighted by Gasteiger charge is -2.08. The second-order valence-electron chi connectivity index (χ2n) is 4.10. The van der Waals surface area contributed by atoms with E-state index < -0.39 is 0 Å². The van der Waals surface area contributed by atoms with Gasteiger partial charge in [-0.2, -0.15) is 4.98 Å². The average Bonchev–Trinajstić information content (AvgIpc) is 2.40. The quantitative estimate of drug-likeness (QED) is 0.861. The highest BCUT2D eigenvalue weighted by atomic mass is 16.5. The first-order valence-corrected chi connectivity index (χ1v) is 6.40. The van der Waals surface area contributed by atoms with Crippen LogP contribution in [0.5, 0.6) is 5.88 Å². The molecule has 0 saturated carbocycles. The summed E-state index contributed by atoms with van der Waals surface area (Å²) in [5.41, 5.74) is 1.94. The Hall–Kier alpha value is -2.17. The molecule has 0 spiro atoms. The lowest BCUT2D eigenvalue weighted by molar-refractivity contribution is 0.326. The number of hydrogen-bond acceptors (Lipinski definition) is 5. The van der Waals surface area contributed by atoms with Crippen molar-refractivity contribution in [2.75, 3.05) is 18.5 Å². The van der Waals surface area contributed by atoms with Gasteiger partial charge in [0.05, 0.1) is 6.61 Å². The maximum atomic E-state index is 5.39. The Bertz CT molecular complexity index is 516. The van der Waals surface area contributed by atoms with E-state index in [0.717, 1.165) is 24.4 Å². The Morgan fingerprint density at radius 3 is 2.89 bits per heavy atom. The van der Waals surface area contributed by atoms with Gasteiger partial charge in [0.25, 0.3) is 0 Å².